The fraction of sp³-hybridized carbons (Fsp3) is 0.625. The Labute approximate surface area is 122 Å². The van der Waals surface area contributed by atoms with Gasteiger partial charge in [-0.3, -0.25) is 0 Å². The Morgan fingerprint density at radius 2 is 1.80 bits per heavy atom. The molecule has 0 radical (unpaired) electrons. The van der Waals surface area contributed by atoms with Gasteiger partial charge < -0.3 is 19.5 Å². The smallest absolute Gasteiger partial charge is 0.124 e. The van der Waals surface area contributed by atoms with Gasteiger partial charge in [-0.05, 0) is 38.1 Å². The van der Waals surface area contributed by atoms with Gasteiger partial charge in [0.15, 0.2) is 0 Å². The van der Waals surface area contributed by atoms with E-state index in [1.165, 1.54) is 0 Å². The summed E-state index contributed by atoms with van der Waals surface area (Å²) in [5.41, 5.74) is 0.768. The van der Waals surface area contributed by atoms with Gasteiger partial charge in [0.25, 0.3) is 0 Å². The molecule has 20 heavy (non-hydrogen) atoms. The maximum atomic E-state index is 10.5. The maximum absolute atomic E-state index is 10.5. The highest BCUT2D eigenvalue weighted by Crippen LogP contribution is 2.30. The molecule has 114 valence electrons. The lowest BCUT2D eigenvalue weighted by atomic mass is 10.1. The minimum atomic E-state index is -0.592. The Balaban J connectivity index is 2.87. The highest BCUT2D eigenvalue weighted by atomic mass is 16.5. The number of ether oxygens (including phenoxy) is 2. The molecule has 0 saturated heterocycles. The Morgan fingerprint density at radius 3 is 2.30 bits per heavy atom. The lowest BCUT2D eigenvalue weighted by molar-refractivity contribution is 0.0991. The Hall–Kier alpha value is -1.26. The molecule has 0 bridgehead atoms. The van der Waals surface area contributed by atoms with Crippen molar-refractivity contribution < 1.29 is 14.6 Å². The Morgan fingerprint density at radius 1 is 1.15 bits per heavy atom. The van der Waals surface area contributed by atoms with Gasteiger partial charge in [-0.25, -0.2) is 0 Å². The van der Waals surface area contributed by atoms with E-state index in [4.69, 9.17) is 9.47 Å². The average Bonchev–Trinajstić information content (AvgIpc) is 2.47. The van der Waals surface area contributed by atoms with E-state index in [9.17, 15) is 5.11 Å². The zero-order chi connectivity index (χ0) is 15.1. The van der Waals surface area contributed by atoms with Gasteiger partial charge in [0, 0.05) is 18.2 Å². The van der Waals surface area contributed by atoms with Crippen LogP contribution in [-0.2, 0) is 0 Å². The predicted molar refractivity (Wildman–Crippen MR) is 81.5 cm³/mol. The number of benzene rings is 1. The van der Waals surface area contributed by atoms with Crippen LogP contribution in [-0.4, -0.2) is 43.9 Å². The summed E-state index contributed by atoms with van der Waals surface area (Å²) in [6.07, 6.45) is 1.56. The summed E-state index contributed by atoms with van der Waals surface area (Å²) in [5, 5.41) is 10.5. The van der Waals surface area contributed by atoms with Crippen molar-refractivity contribution in [3.8, 4) is 11.5 Å². The fourth-order valence-corrected chi connectivity index (χ4v) is 2.53. The van der Waals surface area contributed by atoms with Crippen molar-refractivity contribution in [3.05, 3.63) is 23.8 Å². The first-order valence-electron chi connectivity index (χ1n) is 7.17. The molecule has 0 heterocycles. The summed E-state index contributed by atoms with van der Waals surface area (Å²) >= 11 is 0. The van der Waals surface area contributed by atoms with Crippen molar-refractivity contribution in [1.82, 2.24) is 4.90 Å². The van der Waals surface area contributed by atoms with E-state index in [0.29, 0.717) is 18.3 Å². The molecule has 1 aromatic rings. The summed E-state index contributed by atoms with van der Waals surface area (Å²) in [6, 6.07) is 5.99. The van der Waals surface area contributed by atoms with Crippen LogP contribution in [0.25, 0.3) is 0 Å². The van der Waals surface area contributed by atoms with Gasteiger partial charge in [0.1, 0.15) is 11.5 Å². The highest BCUT2D eigenvalue weighted by Gasteiger charge is 2.19. The van der Waals surface area contributed by atoms with Crippen LogP contribution >= 0.6 is 0 Å². The third kappa shape index (κ3) is 4.12. The third-order valence-corrected chi connectivity index (χ3v) is 3.82. The highest BCUT2D eigenvalue weighted by molar-refractivity contribution is 5.41. The van der Waals surface area contributed by atoms with E-state index in [1.54, 1.807) is 14.2 Å². The van der Waals surface area contributed by atoms with Crippen molar-refractivity contribution in [3.63, 3.8) is 0 Å². The van der Waals surface area contributed by atoms with E-state index in [2.05, 4.69) is 18.7 Å². The van der Waals surface area contributed by atoms with E-state index in [1.807, 2.05) is 25.2 Å². The molecule has 1 N–H and O–H groups in total. The van der Waals surface area contributed by atoms with Gasteiger partial charge >= 0.3 is 0 Å². The van der Waals surface area contributed by atoms with Gasteiger partial charge in [-0.15, -0.1) is 0 Å². The molecule has 0 aromatic heterocycles. The van der Waals surface area contributed by atoms with Crippen LogP contribution in [0.1, 0.15) is 38.4 Å². The normalized spacial score (nSPS) is 12.8. The molecule has 1 aromatic carbocycles. The largest absolute Gasteiger partial charge is 0.497 e. The second-order valence-corrected chi connectivity index (χ2v) is 5.03. The molecule has 0 aliphatic carbocycles. The Bertz CT molecular complexity index is 405. The van der Waals surface area contributed by atoms with Crippen LogP contribution in [0.4, 0.5) is 0 Å². The first-order chi connectivity index (χ1) is 9.57. The van der Waals surface area contributed by atoms with Gasteiger partial charge in [-0.2, -0.15) is 0 Å². The molecular weight excluding hydrogens is 254 g/mol. The topological polar surface area (TPSA) is 41.9 Å². The maximum Gasteiger partial charge on any atom is 0.124 e. The monoisotopic (exact) mass is 281 g/mol. The van der Waals surface area contributed by atoms with Gasteiger partial charge in [-0.1, -0.05) is 13.8 Å². The average molecular weight is 281 g/mol. The fourth-order valence-electron chi connectivity index (χ4n) is 2.53. The zero-order valence-electron chi connectivity index (χ0n) is 13.2. The number of rotatable bonds is 8. The number of aliphatic hydroxyl groups excluding tert-OH is 1. The standard InChI is InChI=1S/C16H27NO3/c1-6-12(7-2)17(3)11-15(18)14-10-13(19-4)8-9-16(14)20-5/h8-10,12,15,18H,6-7,11H2,1-5H3. The molecule has 4 heteroatoms. The van der Waals surface area contributed by atoms with E-state index in [0.717, 1.165) is 24.2 Å². The molecule has 1 unspecified atom stereocenters. The number of hydrogen-bond donors (Lipinski definition) is 1. The van der Waals surface area contributed by atoms with Crippen LogP contribution in [0, 0.1) is 0 Å². The summed E-state index contributed by atoms with van der Waals surface area (Å²) in [7, 11) is 5.28. The summed E-state index contributed by atoms with van der Waals surface area (Å²) in [4.78, 5) is 2.20. The van der Waals surface area contributed by atoms with Crippen LogP contribution in [0.5, 0.6) is 11.5 Å². The molecule has 0 amide bonds. The van der Waals surface area contributed by atoms with Crippen molar-refractivity contribution in [1.29, 1.82) is 0 Å². The van der Waals surface area contributed by atoms with Crippen molar-refractivity contribution >= 4 is 0 Å². The van der Waals surface area contributed by atoms with E-state index in [-0.39, 0.29) is 0 Å². The predicted octanol–water partition coefficient (Wildman–Crippen LogP) is 2.86. The summed E-state index contributed by atoms with van der Waals surface area (Å²) < 4.78 is 10.5. The third-order valence-electron chi connectivity index (χ3n) is 3.82. The lowest BCUT2D eigenvalue weighted by Gasteiger charge is -2.28. The molecule has 4 nitrogen and oxygen atoms in total. The molecule has 0 saturated carbocycles. The molecule has 1 rings (SSSR count). The zero-order valence-corrected chi connectivity index (χ0v) is 13.2. The van der Waals surface area contributed by atoms with Crippen LogP contribution in [0.3, 0.4) is 0 Å². The van der Waals surface area contributed by atoms with Crippen molar-refractivity contribution in [2.45, 2.75) is 38.8 Å². The van der Waals surface area contributed by atoms with Crippen LogP contribution < -0.4 is 9.47 Å². The molecule has 0 aliphatic rings. The number of methoxy groups -OCH3 is 2. The van der Waals surface area contributed by atoms with Gasteiger partial charge in [0.2, 0.25) is 0 Å². The second-order valence-electron chi connectivity index (χ2n) is 5.03. The number of nitrogens with zero attached hydrogens (tertiary/aromatic N) is 1. The first-order valence-corrected chi connectivity index (χ1v) is 7.17. The SMILES string of the molecule is CCC(CC)N(C)CC(O)c1cc(OC)ccc1OC. The quantitative estimate of drug-likeness (QED) is 0.795. The van der Waals surface area contributed by atoms with Crippen LogP contribution in [0.2, 0.25) is 0 Å². The van der Waals surface area contributed by atoms with Crippen molar-refractivity contribution in [2.24, 2.45) is 0 Å². The summed E-state index contributed by atoms with van der Waals surface area (Å²) in [6.45, 7) is 4.92. The second kappa shape index (κ2) is 8.12. The first kappa shape index (κ1) is 16.8. The summed E-state index contributed by atoms with van der Waals surface area (Å²) in [5.74, 6) is 1.42. The minimum absolute atomic E-state index is 0.487. The molecular formula is C16H27NO3. The molecule has 1 atom stereocenters. The lowest BCUT2D eigenvalue weighted by Crippen LogP contribution is -2.34. The number of hydrogen-bond acceptors (Lipinski definition) is 4. The molecule has 0 spiro atoms. The van der Waals surface area contributed by atoms with E-state index < -0.39 is 6.10 Å². The Kier molecular flexibility index (Phi) is 6.82. The number of likely N-dealkylation sites (N-methyl/N-ethyl adjacent to an activating group) is 1. The minimum Gasteiger partial charge on any atom is -0.497 e. The number of aliphatic hydroxyl groups is 1. The molecule has 0 aliphatic heterocycles. The van der Waals surface area contributed by atoms with Gasteiger partial charge in [0.05, 0.1) is 20.3 Å². The van der Waals surface area contributed by atoms with Crippen molar-refractivity contribution in [2.75, 3.05) is 27.8 Å². The molecule has 0 fully saturated rings. The van der Waals surface area contributed by atoms with E-state index >= 15 is 0 Å². The van der Waals surface area contributed by atoms with Crippen LogP contribution in [0.15, 0.2) is 18.2 Å².